The molecule has 0 saturated carbocycles. The molecule has 0 radical (unpaired) electrons. The molecule has 3 aromatic rings. The Morgan fingerprint density at radius 2 is 2.03 bits per heavy atom. The lowest BCUT2D eigenvalue weighted by molar-refractivity contribution is 0.254. The van der Waals surface area contributed by atoms with Gasteiger partial charge in [-0.1, -0.05) is 41.4 Å². The van der Waals surface area contributed by atoms with Crippen molar-refractivity contribution in [3.63, 3.8) is 0 Å². The smallest absolute Gasteiger partial charge is 0.178 e. The highest BCUT2D eigenvalue weighted by Crippen LogP contribution is 2.33. The lowest BCUT2D eigenvalue weighted by Crippen LogP contribution is -2.26. The van der Waals surface area contributed by atoms with Gasteiger partial charge >= 0.3 is 0 Å². The van der Waals surface area contributed by atoms with Crippen LogP contribution in [0.3, 0.4) is 0 Å². The van der Waals surface area contributed by atoms with Crippen molar-refractivity contribution >= 4 is 23.2 Å². The van der Waals surface area contributed by atoms with Crippen LogP contribution in [0.2, 0.25) is 0 Å². The number of benzene rings is 2. The van der Waals surface area contributed by atoms with E-state index in [0.717, 1.165) is 36.3 Å². The zero-order chi connectivity index (χ0) is 21.4. The van der Waals surface area contributed by atoms with E-state index in [1.54, 1.807) is 10.8 Å². The van der Waals surface area contributed by atoms with Crippen LogP contribution in [0.5, 0.6) is 5.75 Å². The first-order valence-corrected chi connectivity index (χ1v) is 11.3. The number of hydrogen-bond donors (Lipinski definition) is 1. The average Bonchev–Trinajstić information content (AvgIpc) is 3.48. The molecule has 2 aliphatic rings. The van der Waals surface area contributed by atoms with Crippen LogP contribution >= 0.6 is 23.2 Å². The fourth-order valence-electron chi connectivity index (χ4n) is 4.46. The normalized spacial score (nSPS) is 17.7. The second-order valence-electron chi connectivity index (χ2n) is 8.09. The Hall–Kier alpha value is -2.41. The Balaban J connectivity index is 1.53. The Labute approximate surface area is 191 Å². The van der Waals surface area contributed by atoms with Crippen molar-refractivity contribution in [1.29, 1.82) is 0 Å². The summed E-state index contributed by atoms with van der Waals surface area (Å²) < 4.78 is 8.01. The number of rotatable bonds is 6. The highest BCUT2D eigenvalue weighted by Gasteiger charge is 2.26. The van der Waals surface area contributed by atoms with Gasteiger partial charge in [0, 0.05) is 13.0 Å². The Kier molecular flexibility index (Phi) is 5.69. The number of nitrogens with one attached hydrogen (secondary N) is 1. The minimum Gasteiger partial charge on any atom is -0.490 e. The number of aryl methyl sites for hydroxylation is 2. The predicted molar refractivity (Wildman–Crippen MR) is 121 cm³/mol. The number of nitrogens with zero attached hydrogens (tertiary/aromatic N) is 4. The summed E-state index contributed by atoms with van der Waals surface area (Å²) in [5, 5.41) is 16.1. The SMILES string of the molecule is CC1Cc2ccc(C(NCC=C(Cl)Cl)c3nnnn3-c3ccc4c(c3)CCC4)cc2O1. The van der Waals surface area contributed by atoms with Gasteiger partial charge in [0.25, 0.3) is 0 Å². The molecule has 0 bridgehead atoms. The molecule has 1 aliphatic heterocycles. The van der Waals surface area contributed by atoms with E-state index in [1.807, 2.05) is 0 Å². The molecule has 0 amide bonds. The zero-order valence-electron chi connectivity index (χ0n) is 17.2. The van der Waals surface area contributed by atoms with Gasteiger partial charge in [0.15, 0.2) is 5.82 Å². The molecule has 2 heterocycles. The molecule has 0 fully saturated rings. The van der Waals surface area contributed by atoms with Gasteiger partial charge < -0.3 is 4.74 Å². The molecule has 1 aromatic heterocycles. The summed E-state index contributed by atoms with van der Waals surface area (Å²) in [7, 11) is 0. The first-order valence-electron chi connectivity index (χ1n) is 10.5. The molecule has 0 spiro atoms. The van der Waals surface area contributed by atoms with Crippen LogP contribution in [0.25, 0.3) is 5.69 Å². The molecule has 1 N–H and O–H groups in total. The van der Waals surface area contributed by atoms with Gasteiger partial charge in [-0.3, -0.25) is 5.32 Å². The van der Waals surface area contributed by atoms with Crippen molar-refractivity contribution in [1.82, 2.24) is 25.5 Å². The second-order valence-corrected chi connectivity index (χ2v) is 9.10. The van der Waals surface area contributed by atoms with Gasteiger partial charge in [-0.25, -0.2) is 0 Å². The largest absolute Gasteiger partial charge is 0.490 e. The van der Waals surface area contributed by atoms with Crippen LogP contribution in [0.15, 0.2) is 47.0 Å². The van der Waals surface area contributed by atoms with Crippen molar-refractivity contribution in [2.45, 2.75) is 44.8 Å². The van der Waals surface area contributed by atoms with E-state index in [2.05, 4.69) is 64.2 Å². The van der Waals surface area contributed by atoms with Gasteiger partial charge in [-0.2, -0.15) is 4.68 Å². The number of hydrogen-bond acceptors (Lipinski definition) is 5. The van der Waals surface area contributed by atoms with E-state index >= 15 is 0 Å². The average molecular weight is 456 g/mol. The van der Waals surface area contributed by atoms with E-state index < -0.39 is 0 Å². The molecular weight excluding hydrogens is 433 g/mol. The van der Waals surface area contributed by atoms with Crippen molar-refractivity contribution in [3.05, 3.63) is 75.0 Å². The second kappa shape index (κ2) is 8.61. The molecule has 31 heavy (non-hydrogen) atoms. The summed E-state index contributed by atoms with van der Waals surface area (Å²) in [5.74, 6) is 1.61. The number of aromatic nitrogens is 4. The maximum atomic E-state index is 5.98. The highest BCUT2D eigenvalue weighted by molar-refractivity contribution is 6.55. The number of halogens is 2. The molecular formula is C23H23Cl2N5O. The topological polar surface area (TPSA) is 64.9 Å². The fourth-order valence-corrected chi connectivity index (χ4v) is 4.61. The first kappa shape index (κ1) is 20.5. The Bertz CT molecular complexity index is 1140. The molecule has 2 atom stereocenters. The Morgan fingerprint density at radius 3 is 2.90 bits per heavy atom. The standard InChI is InChI=1S/C23H23Cl2N5O/c1-14-11-17-5-6-18(13-20(17)31-14)22(26-10-9-21(24)25)23-27-28-29-30(23)19-8-7-15-3-2-4-16(15)12-19/h5-9,12-14,22,26H,2-4,10-11H2,1H3. The molecule has 1 aliphatic carbocycles. The molecule has 160 valence electrons. The minimum atomic E-state index is -0.267. The van der Waals surface area contributed by atoms with Gasteiger partial charge in [-0.05, 0) is 83.1 Å². The molecule has 6 nitrogen and oxygen atoms in total. The van der Waals surface area contributed by atoms with E-state index in [-0.39, 0.29) is 16.6 Å². The van der Waals surface area contributed by atoms with E-state index in [0.29, 0.717) is 12.4 Å². The number of tetrazole rings is 1. The first-order chi connectivity index (χ1) is 15.1. The van der Waals surface area contributed by atoms with E-state index in [1.165, 1.54) is 23.1 Å². The zero-order valence-corrected chi connectivity index (χ0v) is 18.7. The third-order valence-electron chi connectivity index (χ3n) is 5.92. The maximum absolute atomic E-state index is 5.98. The molecule has 5 rings (SSSR count). The molecule has 2 unspecified atom stereocenters. The van der Waals surface area contributed by atoms with Gasteiger partial charge in [0.05, 0.1) is 11.7 Å². The molecule has 2 aromatic carbocycles. The monoisotopic (exact) mass is 455 g/mol. The third-order valence-corrected chi connectivity index (χ3v) is 6.23. The Morgan fingerprint density at radius 1 is 1.19 bits per heavy atom. The quantitative estimate of drug-likeness (QED) is 0.593. The van der Waals surface area contributed by atoms with E-state index in [9.17, 15) is 0 Å². The summed E-state index contributed by atoms with van der Waals surface area (Å²) in [6, 6.07) is 12.5. The molecule has 0 saturated heterocycles. The van der Waals surface area contributed by atoms with E-state index in [4.69, 9.17) is 27.9 Å². The van der Waals surface area contributed by atoms with Crippen LogP contribution in [-0.4, -0.2) is 32.9 Å². The highest BCUT2D eigenvalue weighted by atomic mass is 35.5. The number of ether oxygens (including phenoxy) is 1. The van der Waals surface area contributed by atoms with Crippen LogP contribution in [-0.2, 0) is 19.3 Å². The van der Waals surface area contributed by atoms with Crippen LogP contribution in [0.1, 0.15) is 47.5 Å². The van der Waals surface area contributed by atoms with Crippen LogP contribution in [0.4, 0.5) is 0 Å². The third kappa shape index (κ3) is 4.20. The van der Waals surface area contributed by atoms with Gasteiger partial charge in [0.2, 0.25) is 0 Å². The van der Waals surface area contributed by atoms with Crippen molar-refractivity contribution in [2.24, 2.45) is 0 Å². The van der Waals surface area contributed by atoms with Crippen molar-refractivity contribution in [3.8, 4) is 11.4 Å². The fraction of sp³-hybridized carbons (Fsp3) is 0.348. The van der Waals surface area contributed by atoms with Crippen molar-refractivity contribution in [2.75, 3.05) is 6.54 Å². The van der Waals surface area contributed by atoms with Gasteiger partial charge in [-0.15, -0.1) is 5.10 Å². The van der Waals surface area contributed by atoms with Crippen LogP contribution < -0.4 is 10.1 Å². The summed E-state index contributed by atoms with van der Waals surface area (Å²) in [6.45, 7) is 2.55. The summed E-state index contributed by atoms with van der Waals surface area (Å²) in [5.41, 5.74) is 5.99. The lowest BCUT2D eigenvalue weighted by atomic mass is 10.0. The summed E-state index contributed by atoms with van der Waals surface area (Å²) in [6.07, 6.45) is 6.26. The minimum absolute atomic E-state index is 0.186. The lowest BCUT2D eigenvalue weighted by Gasteiger charge is -2.19. The van der Waals surface area contributed by atoms with Gasteiger partial charge in [0.1, 0.15) is 16.3 Å². The molecule has 8 heteroatoms. The van der Waals surface area contributed by atoms with Crippen molar-refractivity contribution < 1.29 is 4.74 Å². The maximum Gasteiger partial charge on any atom is 0.178 e. The number of fused-ring (bicyclic) bond motifs is 2. The summed E-state index contributed by atoms with van der Waals surface area (Å²) >= 11 is 11.7. The van der Waals surface area contributed by atoms with Crippen LogP contribution in [0, 0.1) is 0 Å². The predicted octanol–water partition coefficient (Wildman–Crippen LogP) is 4.47. The summed E-state index contributed by atoms with van der Waals surface area (Å²) in [4.78, 5) is 0.